The Morgan fingerprint density at radius 1 is 0.793 bits per heavy atom. The molecule has 2 aromatic heterocycles. The number of para-hydroxylation sites is 1. The predicted octanol–water partition coefficient (Wildman–Crippen LogP) is 7.48. The molecule has 0 atom stereocenters. The van der Waals surface area contributed by atoms with E-state index in [1.165, 1.54) is 21.0 Å². The van der Waals surface area contributed by atoms with E-state index in [9.17, 15) is 0 Å². The summed E-state index contributed by atoms with van der Waals surface area (Å²) in [6, 6.07) is 25.7. The molecule has 3 heteroatoms. The largest absolute Gasteiger partial charge is 0.256 e. The number of hydrogen-bond donors (Lipinski definition) is 0. The first kappa shape index (κ1) is 18.0. The summed E-state index contributed by atoms with van der Waals surface area (Å²) in [5.41, 5.74) is 5.70. The number of pyridine rings is 1. The number of fused-ring (bicyclic) bond motifs is 2. The van der Waals surface area contributed by atoms with Crippen molar-refractivity contribution in [2.75, 3.05) is 0 Å². The van der Waals surface area contributed by atoms with Crippen molar-refractivity contribution in [3.05, 3.63) is 84.6 Å². The highest BCUT2D eigenvalue weighted by Gasteiger charge is 2.19. The Bertz CT molecular complexity index is 1310. The Morgan fingerprint density at radius 2 is 1.59 bits per heavy atom. The Labute approximate surface area is 174 Å². The second-order valence-electron chi connectivity index (χ2n) is 8.41. The third kappa shape index (κ3) is 3.32. The molecule has 0 aliphatic carbocycles. The topological polar surface area (TPSA) is 25.8 Å². The maximum atomic E-state index is 4.82. The van der Waals surface area contributed by atoms with Gasteiger partial charge in [-0.25, -0.2) is 4.98 Å². The van der Waals surface area contributed by atoms with Gasteiger partial charge in [-0.2, -0.15) is 0 Å². The average Bonchev–Trinajstić information content (AvgIpc) is 3.17. The summed E-state index contributed by atoms with van der Waals surface area (Å²) in [5.74, 6) is 0. The van der Waals surface area contributed by atoms with Crippen molar-refractivity contribution in [2.24, 2.45) is 0 Å². The number of thiazole rings is 1. The van der Waals surface area contributed by atoms with E-state index < -0.39 is 0 Å². The van der Waals surface area contributed by atoms with E-state index in [4.69, 9.17) is 9.97 Å². The molecule has 0 spiro atoms. The fourth-order valence-corrected chi connectivity index (χ4v) is 4.76. The summed E-state index contributed by atoms with van der Waals surface area (Å²) in [6.45, 7) is 6.80. The molecule has 0 bridgehead atoms. The normalized spacial score (nSPS) is 12.0. The molecule has 0 unspecified atom stereocenters. The lowest BCUT2D eigenvalue weighted by molar-refractivity contribution is 0.596. The van der Waals surface area contributed by atoms with E-state index in [1.807, 2.05) is 18.3 Å². The van der Waals surface area contributed by atoms with E-state index in [1.54, 1.807) is 11.3 Å². The van der Waals surface area contributed by atoms with Crippen LogP contribution in [-0.4, -0.2) is 9.97 Å². The Morgan fingerprint density at radius 3 is 2.41 bits per heavy atom. The van der Waals surface area contributed by atoms with Crippen molar-refractivity contribution in [2.45, 2.75) is 26.2 Å². The molecular weight excluding hydrogens is 372 g/mol. The van der Waals surface area contributed by atoms with Crippen LogP contribution in [0.4, 0.5) is 0 Å². The molecule has 0 aliphatic heterocycles. The fourth-order valence-electron chi connectivity index (χ4n) is 3.80. The third-order valence-corrected chi connectivity index (χ3v) is 6.35. The van der Waals surface area contributed by atoms with E-state index >= 15 is 0 Å². The molecular formula is C26H22N2S. The molecule has 0 N–H and O–H groups in total. The molecule has 142 valence electrons. The highest BCUT2D eigenvalue weighted by Crippen LogP contribution is 2.36. The van der Waals surface area contributed by atoms with Gasteiger partial charge in [0.15, 0.2) is 0 Å². The zero-order valence-corrected chi connectivity index (χ0v) is 17.6. The molecule has 0 amide bonds. The summed E-state index contributed by atoms with van der Waals surface area (Å²) in [7, 11) is 0. The highest BCUT2D eigenvalue weighted by atomic mass is 32.1. The molecule has 0 radical (unpaired) electrons. The van der Waals surface area contributed by atoms with Crippen molar-refractivity contribution in [3.8, 4) is 21.8 Å². The predicted molar refractivity (Wildman–Crippen MR) is 124 cm³/mol. The van der Waals surface area contributed by atoms with Gasteiger partial charge in [0.2, 0.25) is 0 Å². The Hall–Kier alpha value is -3.04. The molecule has 0 saturated carbocycles. The number of aromatic nitrogens is 2. The third-order valence-electron chi connectivity index (χ3n) is 5.27. The number of hydrogen-bond acceptors (Lipinski definition) is 3. The second kappa shape index (κ2) is 6.78. The number of benzene rings is 3. The van der Waals surface area contributed by atoms with Crippen LogP contribution >= 0.6 is 11.3 Å². The van der Waals surface area contributed by atoms with Crippen LogP contribution < -0.4 is 0 Å². The van der Waals surface area contributed by atoms with E-state index in [-0.39, 0.29) is 5.41 Å². The van der Waals surface area contributed by atoms with Crippen molar-refractivity contribution in [1.29, 1.82) is 0 Å². The van der Waals surface area contributed by atoms with E-state index in [0.717, 1.165) is 27.3 Å². The Balaban J connectivity index is 1.67. The van der Waals surface area contributed by atoms with E-state index in [0.29, 0.717) is 0 Å². The molecule has 0 aliphatic rings. The van der Waals surface area contributed by atoms with Crippen molar-refractivity contribution >= 4 is 32.3 Å². The van der Waals surface area contributed by atoms with Gasteiger partial charge in [0.1, 0.15) is 5.01 Å². The van der Waals surface area contributed by atoms with Gasteiger partial charge < -0.3 is 0 Å². The quantitative estimate of drug-likeness (QED) is 0.310. The summed E-state index contributed by atoms with van der Waals surface area (Å²) in [4.78, 5) is 9.51. The van der Waals surface area contributed by atoms with Gasteiger partial charge in [0.25, 0.3) is 0 Å². The first-order chi connectivity index (χ1) is 14.0. The minimum absolute atomic E-state index is 0.0558. The summed E-state index contributed by atoms with van der Waals surface area (Å²) >= 11 is 1.73. The van der Waals surface area contributed by atoms with Gasteiger partial charge in [-0.05, 0) is 58.1 Å². The maximum Gasteiger partial charge on any atom is 0.124 e. The van der Waals surface area contributed by atoms with Gasteiger partial charge >= 0.3 is 0 Å². The molecule has 0 saturated heterocycles. The number of nitrogens with zero attached hydrogens (tertiary/aromatic N) is 2. The van der Waals surface area contributed by atoms with Crippen LogP contribution in [0.2, 0.25) is 0 Å². The van der Waals surface area contributed by atoms with Crippen LogP contribution in [0, 0.1) is 0 Å². The minimum atomic E-state index is 0.0558. The van der Waals surface area contributed by atoms with Crippen LogP contribution in [0.5, 0.6) is 0 Å². The highest BCUT2D eigenvalue weighted by molar-refractivity contribution is 7.21. The van der Waals surface area contributed by atoms with Gasteiger partial charge in [-0.15, -0.1) is 11.3 Å². The van der Waals surface area contributed by atoms with Crippen molar-refractivity contribution < 1.29 is 0 Å². The van der Waals surface area contributed by atoms with Crippen molar-refractivity contribution in [1.82, 2.24) is 9.97 Å². The van der Waals surface area contributed by atoms with Crippen LogP contribution in [-0.2, 0) is 5.41 Å². The van der Waals surface area contributed by atoms with Crippen LogP contribution in [0.3, 0.4) is 0 Å². The first-order valence-corrected chi connectivity index (χ1v) is 10.7. The summed E-state index contributed by atoms with van der Waals surface area (Å²) < 4.78 is 1.21. The first-order valence-electron chi connectivity index (χ1n) is 9.85. The SMILES string of the molecule is CC(C)(C)c1cc(-c2cc(-c3nc4ccccc4s3)ccn2)cc2ccccc12. The lowest BCUT2D eigenvalue weighted by Gasteiger charge is -2.22. The molecule has 5 aromatic rings. The lowest BCUT2D eigenvalue weighted by atomic mass is 9.82. The van der Waals surface area contributed by atoms with Crippen LogP contribution in [0.15, 0.2) is 79.0 Å². The molecule has 29 heavy (non-hydrogen) atoms. The van der Waals surface area contributed by atoms with Crippen LogP contribution in [0.25, 0.3) is 42.8 Å². The molecule has 2 heterocycles. The lowest BCUT2D eigenvalue weighted by Crippen LogP contribution is -2.12. The number of rotatable bonds is 2. The molecule has 2 nitrogen and oxygen atoms in total. The zero-order chi connectivity index (χ0) is 20.0. The maximum absolute atomic E-state index is 4.82. The molecule has 5 rings (SSSR count). The van der Waals surface area contributed by atoms with Gasteiger partial charge in [-0.1, -0.05) is 57.2 Å². The fraction of sp³-hybridized carbons (Fsp3) is 0.154. The second-order valence-corrected chi connectivity index (χ2v) is 9.44. The average molecular weight is 395 g/mol. The standard InChI is InChI=1S/C26H22N2S/c1-26(2,3)21-15-19(14-17-8-4-5-9-20(17)21)23-16-18(12-13-27-23)25-28-22-10-6-7-11-24(22)29-25/h4-16H,1-3H3. The van der Waals surface area contributed by atoms with Gasteiger partial charge in [0.05, 0.1) is 15.9 Å². The van der Waals surface area contributed by atoms with Crippen LogP contribution in [0.1, 0.15) is 26.3 Å². The van der Waals surface area contributed by atoms with Crippen molar-refractivity contribution in [3.63, 3.8) is 0 Å². The van der Waals surface area contributed by atoms with Gasteiger partial charge in [-0.3, -0.25) is 4.98 Å². The van der Waals surface area contributed by atoms with Gasteiger partial charge in [0, 0.05) is 17.3 Å². The molecule has 0 fully saturated rings. The minimum Gasteiger partial charge on any atom is -0.256 e. The Kier molecular flexibility index (Phi) is 4.21. The monoisotopic (exact) mass is 394 g/mol. The smallest absolute Gasteiger partial charge is 0.124 e. The van der Waals surface area contributed by atoms with E-state index in [2.05, 4.69) is 81.4 Å². The zero-order valence-electron chi connectivity index (χ0n) is 16.8. The summed E-state index contributed by atoms with van der Waals surface area (Å²) in [6.07, 6.45) is 1.89. The molecule has 3 aromatic carbocycles. The summed E-state index contributed by atoms with van der Waals surface area (Å²) in [5, 5.41) is 3.60.